The molecule has 0 saturated carbocycles. The molecular formula is C15H14ClNO. The van der Waals surface area contributed by atoms with E-state index in [0.717, 1.165) is 17.1 Å². The van der Waals surface area contributed by atoms with Crippen LogP contribution in [0.2, 0.25) is 5.02 Å². The molecule has 0 bridgehead atoms. The summed E-state index contributed by atoms with van der Waals surface area (Å²) in [7, 11) is 0. The Morgan fingerprint density at radius 3 is 2.50 bits per heavy atom. The molecule has 2 aromatic carbocycles. The summed E-state index contributed by atoms with van der Waals surface area (Å²) in [6, 6.07) is 15.1. The van der Waals surface area contributed by atoms with E-state index < -0.39 is 0 Å². The molecule has 0 aliphatic carbocycles. The van der Waals surface area contributed by atoms with E-state index in [1.54, 1.807) is 12.1 Å². The molecule has 0 radical (unpaired) electrons. The number of hydrogen-bond acceptors (Lipinski definition) is 2. The minimum absolute atomic E-state index is 0.509. The van der Waals surface area contributed by atoms with Crippen molar-refractivity contribution in [1.29, 1.82) is 0 Å². The highest BCUT2D eigenvalue weighted by Gasteiger charge is 2.01. The van der Waals surface area contributed by atoms with Crippen LogP contribution in [0.25, 0.3) is 6.08 Å². The van der Waals surface area contributed by atoms with Crippen LogP contribution in [0.5, 0.6) is 11.5 Å². The van der Waals surface area contributed by atoms with Gasteiger partial charge in [-0.15, -0.1) is 0 Å². The molecule has 2 nitrogen and oxygen atoms in total. The molecule has 0 heterocycles. The maximum Gasteiger partial charge on any atom is 0.134 e. The van der Waals surface area contributed by atoms with Gasteiger partial charge in [-0.05, 0) is 30.3 Å². The quantitative estimate of drug-likeness (QED) is 0.897. The Hall–Kier alpha value is -1.77. The van der Waals surface area contributed by atoms with Gasteiger partial charge in [0.25, 0.3) is 0 Å². The van der Waals surface area contributed by atoms with Crippen molar-refractivity contribution in [2.75, 3.05) is 6.54 Å². The van der Waals surface area contributed by atoms with Gasteiger partial charge in [0.05, 0.1) is 0 Å². The second kappa shape index (κ2) is 6.24. The smallest absolute Gasteiger partial charge is 0.134 e. The second-order valence-electron chi connectivity index (χ2n) is 3.73. The summed E-state index contributed by atoms with van der Waals surface area (Å²) in [5.41, 5.74) is 6.45. The highest BCUT2D eigenvalue weighted by atomic mass is 35.5. The van der Waals surface area contributed by atoms with E-state index in [-0.39, 0.29) is 0 Å². The number of ether oxygens (including phenoxy) is 1. The Kier molecular flexibility index (Phi) is 4.40. The van der Waals surface area contributed by atoms with Gasteiger partial charge in [0.2, 0.25) is 0 Å². The van der Waals surface area contributed by atoms with Crippen molar-refractivity contribution in [1.82, 2.24) is 0 Å². The van der Waals surface area contributed by atoms with Gasteiger partial charge < -0.3 is 10.5 Å². The van der Waals surface area contributed by atoms with E-state index in [1.165, 1.54) is 0 Å². The monoisotopic (exact) mass is 259 g/mol. The van der Waals surface area contributed by atoms with Gasteiger partial charge in [-0.3, -0.25) is 0 Å². The van der Waals surface area contributed by atoms with Gasteiger partial charge in [-0.25, -0.2) is 0 Å². The number of hydrogen-bond donors (Lipinski definition) is 1. The maximum atomic E-state index is 5.83. The fourth-order valence-electron chi connectivity index (χ4n) is 1.54. The first-order chi connectivity index (χ1) is 8.79. The third kappa shape index (κ3) is 3.36. The fraction of sp³-hybridized carbons (Fsp3) is 0.0667. The zero-order chi connectivity index (χ0) is 12.8. The molecule has 2 aromatic rings. The Morgan fingerprint density at radius 1 is 1.06 bits per heavy atom. The molecule has 0 aliphatic heterocycles. The van der Waals surface area contributed by atoms with Crippen molar-refractivity contribution in [3.05, 3.63) is 65.2 Å². The van der Waals surface area contributed by atoms with Crippen LogP contribution >= 0.6 is 11.6 Å². The molecule has 0 aromatic heterocycles. The largest absolute Gasteiger partial charge is 0.457 e. The topological polar surface area (TPSA) is 35.2 Å². The molecular weight excluding hydrogens is 246 g/mol. The SMILES string of the molecule is NCC=Cc1ccccc1Oc1ccc(Cl)cc1. The normalized spacial score (nSPS) is 10.8. The van der Waals surface area contributed by atoms with Gasteiger partial charge >= 0.3 is 0 Å². The van der Waals surface area contributed by atoms with E-state index in [2.05, 4.69) is 0 Å². The van der Waals surface area contributed by atoms with Gasteiger partial charge in [0.15, 0.2) is 0 Å². The van der Waals surface area contributed by atoms with Crippen molar-refractivity contribution < 1.29 is 4.74 Å². The number of para-hydroxylation sites is 1. The van der Waals surface area contributed by atoms with Crippen LogP contribution < -0.4 is 10.5 Å². The average Bonchev–Trinajstić information content (AvgIpc) is 2.40. The summed E-state index contributed by atoms with van der Waals surface area (Å²) >= 11 is 5.83. The lowest BCUT2D eigenvalue weighted by molar-refractivity contribution is 0.481. The Balaban J connectivity index is 2.23. The Bertz CT molecular complexity index is 534. The van der Waals surface area contributed by atoms with E-state index >= 15 is 0 Å². The molecule has 92 valence electrons. The predicted molar refractivity (Wildman–Crippen MR) is 76.1 cm³/mol. The highest BCUT2D eigenvalue weighted by molar-refractivity contribution is 6.30. The molecule has 3 heteroatoms. The molecule has 18 heavy (non-hydrogen) atoms. The van der Waals surface area contributed by atoms with Crippen molar-refractivity contribution >= 4 is 17.7 Å². The van der Waals surface area contributed by atoms with Crippen molar-refractivity contribution in [2.45, 2.75) is 0 Å². The lowest BCUT2D eigenvalue weighted by atomic mass is 10.2. The first-order valence-electron chi connectivity index (χ1n) is 5.68. The van der Waals surface area contributed by atoms with E-state index in [0.29, 0.717) is 11.6 Å². The first kappa shape index (κ1) is 12.7. The number of rotatable bonds is 4. The van der Waals surface area contributed by atoms with Crippen LogP contribution in [0.1, 0.15) is 5.56 Å². The third-order valence-electron chi connectivity index (χ3n) is 2.39. The zero-order valence-corrected chi connectivity index (χ0v) is 10.6. The van der Waals surface area contributed by atoms with Crippen LogP contribution in [0.3, 0.4) is 0 Å². The summed E-state index contributed by atoms with van der Waals surface area (Å²) in [6.45, 7) is 0.509. The molecule has 2 rings (SSSR count). The molecule has 0 amide bonds. The molecule has 0 fully saturated rings. The van der Waals surface area contributed by atoms with E-state index in [9.17, 15) is 0 Å². The molecule has 0 atom stereocenters. The predicted octanol–water partition coefficient (Wildman–Crippen LogP) is 4.10. The Morgan fingerprint density at radius 2 is 1.78 bits per heavy atom. The lowest BCUT2D eigenvalue weighted by Gasteiger charge is -2.08. The molecule has 0 unspecified atom stereocenters. The van der Waals surface area contributed by atoms with Crippen molar-refractivity contribution in [2.24, 2.45) is 5.73 Å². The summed E-state index contributed by atoms with van der Waals surface area (Å²) in [5, 5.41) is 0.693. The van der Waals surface area contributed by atoms with Crippen LogP contribution in [0, 0.1) is 0 Å². The van der Waals surface area contributed by atoms with Gasteiger partial charge in [0.1, 0.15) is 11.5 Å². The Labute approximate surface area is 112 Å². The molecule has 0 aliphatic rings. The van der Waals surface area contributed by atoms with E-state index in [4.69, 9.17) is 22.1 Å². The van der Waals surface area contributed by atoms with Crippen LogP contribution in [0.15, 0.2) is 54.6 Å². The second-order valence-corrected chi connectivity index (χ2v) is 4.17. The zero-order valence-electron chi connectivity index (χ0n) is 9.84. The van der Waals surface area contributed by atoms with Crippen molar-refractivity contribution in [3.8, 4) is 11.5 Å². The van der Waals surface area contributed by atoms with Crippen molar-refractivity contribution in [3.63, 3.8) is 0 Å². The summed E-state index contributed by atoms with van der Waals surface area (Å²) in [5.74, 6) is 1.55. The van der Waals surface area contributed by atoms with Crippen LogP contribution in [-0.2, 0) is 0 Å². The number of nitrogens with two attached hydrogens (primary N) is 1. The summed E-state index contributed by atoms with van der Waals surface area (Å²) < 4.78 is 5.81. The minimum Gasteiger partial charge on any atom is -0.457 e. The van der Waals surface area contributed by atoms with Gasteiger partial charge in [-0.1, -0.05) is 42.0 Å². The van der Waals surface area contributed by atoms with E-state index in [1.807, 2.05) is 48.6 Å². The van der Waals surface area contributed by atoms with Gasteiger partial charge in [-0.2, -0.15) is 0 Å². The molecule has 0 spiro atoms. The third-order valence-corrected chi connectivity index (χ3v) is 2.65. The first-order valence-corrected chi connectivity index (χ1v) is 6.06. The van der Waals surface area contributed by atoms with Crippen LogP contribution in [0.4, 0.5) is 0 Å². The average molecular weight is 260 g/mol. The highest BCUT2D eigenvalue weighted by Crippen LogP contribution is 2.26. The minimum atomic E-state index is 0.509. The number of halogens is 1. The van der Waals surface area contributed by atoms with Gasteiger partial charge in [0, 0.05) is 17.1 Å². The standard InChI is InChI=1S/C15H14ClNO/c16-13-7-9-14(10-8-13)18-15-6-2-1-4-12(15)5-3-11-17/h1-10H,11,17H2. The van der Waals surface area contributed by atoms with Crippen LogP contribution in [-0.4, -0.2) is 6.54 Å². The molecule has 2 N–H and O–H groups in total. The summed E-state index contributed by atoms with van der Waals surface area (Å²) in [4.78, 5) is 0. The number of benzene rings is 2. The lowest BCUT2D eigenvalue weighted by Crippen LogP contribution is -1.92. The molecule has 0 saturated heterocycles. The maximum absolute atomic E-state index is 5.83. The fourth-order valence-corrected chi connectivity index (χ4v) is 1.66. The summed E-state index contributed by atoms with van der Waals surface area (Å²) in [6.07, 6.45) is 3.84.